The van der Waals surface area contributed by atoms with Crippen molar-refractivity contribution in [3.05, 3.63) is 47.3 Å². The molecule has 0 atom stereocenters. The van der Waals surface area contributed by atoms with E-state index in [9.17, 15) is 9.59 Å². The molecule has 0 aliphatic heterocycles. The SMILES string of the molecule is COC(=O)c1cccc(NC(=O)c2cc(C)no2)c1. The number of hydrogen-bond donors (Lipinski definition) is 1. The molecule has 98 valence electrons. The van der Waals surface area contributed by atoms with Gasteiger partial charge in [0, 0.05) is 11.8 Å². The van der Waals surface area contributed by atoms with Gasteiger partial charge in [0.1, 0.15) is 0 Å². The van der Waals surface area contributed by atoms with Crippen LogP contribution in [0.15, 0.2) is 34.9 Å². The average molecular weight is 260 g/mol. The Morgan fingerprint density at radius 2 is 2.11 bits per heavy atom. The first-order valence-corrected chi connectivity index (χ1v) is 5.53. The standard InChI is InChI=1S/C13H12N2O4/c1-8-6-11(19-15-8)12(16)14-10-5-3-4-9(7-10)13(17)18-2/h3-7H,1-2H3,(H,14,16). The largest absolute Gasteiger partial charge is 0.465 e. The van der Waals surface area contributed by atoms with E-state index in [0.717, 1.165) is 0 Å². The van der Waals surface area contributed by atoms with Gasteiger partial charge in [-0.3, -0.25) is 4.79 Å². The molecular formula is C13H12N2O4. The number of carbonyl (C=O) groups excluding carboxylic acids is 2. The van der Waals surface area contributed by atoms with Crippen molar-refractivity contribution in [2.45, 2.75) is 6.92 Å². The second-order valence-electron chi connectivity index (χ2n) is 3.86. The minimum Gasteiger partial charge on any atom is -0.465 e. The van der Waals surface area contributed by atoms with Crippen LogP contribution in [0.3, 0.4) is 0 Å². The first kappa shape index (κ1) is 12.8. The molecule has 0 aliphatic carbocycles. The summed E-state index contributed by atoms with van der Waals surface area (Å²) >= 11 is 0. The third kappa shape index (κ3) is 2.98. The van der Waals surface area contributed by atoms with Crippen LogP contribution >= 0.6 is 0 Å². The van der Waals surface area contributed by atoms with Crippen molar-refractivity contribution < 1.29 is 18.8 Å². The molecule has 2 rings (SSSR count). The zero-order valence-corrected chi connectivity index (χ0v) is 10.5. The minimum atomic E-state index is -0.466. The summed E-state index contributed by atoms with van der Waals surface area (Å²) in [6.45, 7) is 1.72. The summed E-state index contributed by atoms with van der Waals surface area (Å²) in [6.07, 6.45) is 0. The van der Waals surface area contributed by atoms with Gasteiger partial charge in [0.2, 0.25) is 5.76 Å². The fraction of sp³-hybridized carbons (Fsp3) is 0.154. The maximum absolute atomic E-state index is 11.8. The number of ether oxygens (including phenoxy) is 1. The van der Waals surface area contributed by atoms with Gasteiger partial charge in [-0.1, -0.05) is 11.2 Å². The van der Waals surface area contributed by atoms with Crippen LogP contribution in [0.2, 0.25) is 0 Å². The van der Waals surface area contributed by atoms with Crippen molar-refractivity contribution in [1.29, 1.82) is 0 Å². The molecule has 1 aromatic carbocycles. The molecule has 0 unspecified atom stereocenters. The first-order chi connectivity index (χ1) is 9.10. The predicted molar refractivity (Wildman–Crippen MR) is 67.0 cm³/mol. The average Bonchev–Trinajstić information content (AvgIpc) is 2.85. The number of anilines is 1. The van der Waals surface area contributed by atoms with Crippen LogP contribution in [-0.4, -0.2) is 24.1 Å². The van der Waals surface area contributed by atoms with Crippen LogP contribution in [-0.2, 0) is 4.74 Å². The molecule has 0 saturated heterocycles. The van der Waals surface area contributed by atoms with E-state index in [4.69, 9.17) is 4.52 Å². The fourth-order valence-electron chi connectivity index (χ4n) is 1.51. The van der Waals surface area contributed by atoms with Gasteiger partial charge in [-0.15, -0.1) is 0 Å². The third-order valence-electron chi connectivity index (χ3n) is 2.39. The highest BCUT2D eigenvalue weighted by molar-refractivity contribution is 6.03. The van der Waals surface area contributed by atoms with Crippen LogP contribution in [0, 0.1) is 6.92 Å². The van der Waals surface area contributed by atoms with Crippen molar-refractivity contribution in [2.24, 2.45) is 0 Å². The van der Waals surface area contributed by atoms with Crippen molar-refractivity contribution in [3.63, 3.8) is 0 Å². The normalized spacial score (nSPS) is 10.0. The Morgan fingerprint density at radius 3 is 2.74 bits per heavy atom. The highest BCUT2D eigenvalue weighted by atomic mass is 16.5. The molecule has 6 nitrogen and oxygen atoms in total. The Kier molecular flexibility index (Phi) is 3.61. The highest BCUT2D eigenvalue weighted by Crippen LogP contribution is 2.13. The Morgan fingerprint density at radius 1 is 1.32 bits per heavy atom. The van der Waals surface area contributed by atoms with E-state index in [0.29, 0.717) is 16.9 Å². The van der Waals surface area contributed by atoms with Crippen LogP contribution in [0.1, 0.15) is 26.6 Å². The Hall–Kier alpha value is -2.63. The summed E-state index contributed by atoms with van der Waals surface area (Å²) in [5.41, 5.74) is 1.45. The maximum Gasteiger partial charge on any atom is 0.337 e. The molecule has 19 heavy (non-hydrogen) atoms. The lowest BCUT2D eigenvalue weighted by Crippen LogP contribution is -2.11. The number of nitrogens with one attached hydrogen (secondary N) is 1. The quantitative estimate of drug-likeness (QED) is 0.854. The van der Waals surface area contributed by atoms with E-state index in [2.05, 4.69) is 15.2 Å². The summed E-state index contributed by atoms with van der Waals surface area (Å²) in [4.78, 5) is 23.2. The van der Waals surface area contributed by atoms with E-state index in [-0.39, 0.29) is 5.76 Å². The molecule has 0 bridgehead atoms. The molecule has 0 saturated carbocycles. The number of hydrogen-bond acceptors (Lipinski definition) is 5. The van der Waals surface area contributed by atoms with Crippen LogP contribution in [0.4, 0.5) is 5.69 Å². The number of nitrogens with zero attached hydrogens (tertiary/aromatic N) is 1. The van der Waals surface area contributed by atoms with E-state index >= 15 is 0 Å². The molecular weight excluding hydrogens is 248 g/mol. The van der Waals surface area contributed by atoms with E-state index < -0.39 is 11.9 Å². The van der Waals surface area contributed by atoms with E-state index in [1.165, 1.54) is 19.2 Å². The summed E-state index contributed by atoms with van der Waals surface area (Å²) in [7, 11) is 1.30. The number of esters is 1. The van der Waals surface area contributed by atoms with E-state index in [1.54, 1.807) is 25.1 Å². The summed E-state index contributed by atoms with van der Waals surface area (Å²) < 4.78 is 9.45. The number of aryl methyl sites for hydroxylation is 1. The monoisotopic (exact) mass is 260 g/mol. The lowest BCUT2D eigenvalue weighted by atomic mass is 10.2. The number of aromatic nitrogens is 1. The van der Waals surface area contributed by atoms with Crippen molar-refractivity contribution in [3.8, 4) is 0 Å². The maximum atomic E-state index is 11.8. The molecule has 0 fully saturated rings. The number of rotatable bonds is 3. The van der Waals surface area contributed by atoms with Crippen molar-refractivity contribution in [1.82, 2.24) is 5.16 Å². The van der Waals surface area contributed by atoms with Gasteiger partial charge >= 0.3 is 5.97 Å². The Labute approximate surface area is 109 Å². The zero-order chi connectivity index (χ0) is 13.8. The highest BCUT2D eigenvalue weighted by Gasteiger charge is 2.13. The summed E-state index contributed by atoms with van der Waals surface area (Å²) in [6, 6.07) is 7.95. The molecule has 6 heteroatoms. The second-order valence-corrected chi connectivity index (χ2v) is 3.86. The molecule has 0 spiro atoms. The molecule has 1 aromatic heterocycles. The molecule has 2 aromatic rings. The molecule has 0 radical (unpaired) electrons. The van der Waals surface area contributed by atoms with Crippen molar-refractivity contribution in [2.75, 3.05) is 12.4 Å². The number of amides is 1. The second kappa shape index (κ2) is 5.34. The van der Waals surface area contributed by atoms with Crippen LogP contribution in [0.5, 0.6) is 0 Å². The van der Waals surface area contributed by atoms with Gasteiger partial charge in [0.05, 0.1) is 18.4 Å². The van der Waals surface area contributed by atoms with E-state index in [1.807, 2.05) is 0 Å². The Balaban J connectivity index is 2.15. The minimum absolute atomic E-state index is 0.112. The number of benzene rings is 1. The number of carbonyl (C=O) groups is 2. The summed E-state index contributed by atoms with van der Waals surface area (Å²) in [5, 5.41) is 6.24. The topological polar surface area (TPSA) is 81.4 Å². The van der Waals surface area contributed by atoms with Gasteiger partial charge in [0.25, 0.3) is 5.91 Å². The first-order valence-electron chi connectivity index (χ1n) is 5.53. The van der Waals surface area contributed by atoms with Gasteiger partial charge in [-0.25, -0.2) is 4.79 Å². The molecule has 1 amide bonds. The molecule has 1 N–H and O–H groups in total. The van der Waals surface area contributed by atoms with Gasteiger partial charge in [-0.2, -0.15) is 0 Å². The van der Waals surface area contributed by atoms with Crippen molar-refractivity contribution >= 4 is 17.6 Å². The molecule has 1 heterocycles. The predicted octanol–water partition coefficient (Wildman–Crippen LogP) is 2.02. The van der Waals surface area contributed by atoms with Gasteiger partial charge < -0.3 is 14.6 Å². The van der Waals surface area contributed by atoms with Gasteiger partial charge in [0.15, 0.2) is 0 Å². The lowest BCUT2D eigenvalue weighted by molar-refractivity contribution is 0.0600. The zero-order valence-electron chi connectivity index (χ0n) is 10.5. The fourth-order valence-corrected chi connectivity index (χ4v) is 1.51. The van der Waals surface area contributed by atoms with Gasteiger partial charge in [-0.05, 0) is 25.1 Å². The lowest BCUT2D eigenvalue weighted by Gasteiger charge is -2.04. The Bertz CT molecular complexity index is 619. The smallest absolute Gasteiger partial charge is 0.337 e. The number of methoxy groups -OCH3 is 1. The van der Waals surface area contributed by atoms with Crippen LogP contribution in [0.25, 0.3) is 0 Å². The van der Waals surface area contributed by atoms with Crippen LogP contribution < -0.4 is 5.32 Å². The third-order valence-corrected chi connectivity index (χ3v) is 2.39. The molecule has 0 aliphatic rings. The summed E-state index contributed by atoms with van der Waals surface area (Å²) in [5.74, 6) is -0.782.